The summed E-state index contributed by atoms with van der Waals surface area (Å²) in [6.45, 7) is 19.2. The molecule has 0 aromatic carbocycles. The van der Waals surface area contributed by atoms with Crippen LogP contribution in [0, 0.1) is 0 Å². The van der Waals surface area contributed by atoms with E-state index in [0.29, 0.717) is 30.4 Å². The van der Waals surface area contributed by atoms with Crippen LogP contribution >= 0.6 is 0 Å². The van der Waals surface area contributed by atoms with Gasteiger partial charge in [0.25, 0.3) is 0 Å². The Morgan fingerprint density at radius 2 is 1.28 bits per heavy atom. The lowest BCUT2D eigenvalue weighted by Crippen LogP contribution is -2.52. The van der Waals surface area contributed by atoms with Gasteiger partial charge < -0.3 is 14.2 Å². The van der Waals surface area contributed by atoms with Gasteiger partial charge >= 0.3 is 0 Å². The summed E-state index contributed by atoms with van der Waals surface area (Å²) in [5.41, 5.74) is -0.0943. The van der Waals surface area contributed by atoms with Crippen LogP contribution in [0.15, 0.2) is 0 Å². The topological polar surface area (TPSA) is 30.9 Å². The second-order valence-electron chi connectivity index (χ2n) is 10.1. The van der Waals surface area contributed by atoms with Gasteiger partial charge in [-0.3, -0.25) is 4.90 Å². The fraction of sp³-hybridized carbons (Fsp3) is 1.00. The summed E-state index contributed by atoms with van der Waals surface area (Å²) in [5.74, 6) is 0. The molecule has 4 heteroatoms. The average molecular weight is 356 g/mol. The maximum absolute atomic E-state index is 6.38. The minimum absolute atomic E-state index is 0.0425. The van der Waals surface area contributed by atoms with Crippen molar-refractivity contribution in [3.8, 4) is 0 Å². The van der Waals surface area contributed by atoms with E-state index in [2.05, 4.69) is 60.3 Å². The van der Waals surface area contributed by atoms with Gasteiger partial charge in [-0.1, -0.05) is 0 Å². The van der Waals surface area contributed by atoms with Crippen molar-refractivity contribution < 1.29 is 14.2 Å². The quantitative estimate of drug-likeness (QED) is 0.706. The summed E-state index contributed by atoms with van der Waals surface area (Å²) in [5, 5.41) is 0. The molecular formula is C21H41NO3. The van der Waals surface area contributed by atoms with E-state index in [4.69, 9.17) is 14.2 Å². The van der Waals surface area contributed by atoms with E-state index in [1.165, 1.54) is 0 Å². The Morgan fingerprint density at radius 3 is 1.76 bits per heavy atom. The Hall–Kier alpha value is -0.160. The molecule has 1 aliphatic carbocycles. The summed E-state index contributed by atoms with van der Waals surface area (Å²) in [7, 11) is 0. The van der Waals surface area contributed by atoms with Crippen molar-refractivity contribution in [1.82, 2.24) is 4.90 Å². The van der Waals surface area contributed by atoms with Gasteiger partial charge in [-0.25, -0.2) is 0 Å². The fourth-order valence-corrected chi connectivity index (χ4v) is 4.07. The molecule has 1 aliphatic heterocycles. The van der Waals surface area contributed by atoms with Gasteiger partial charge in [0.2, 0.25) is 0 Å². The third kappa shape index (κ3) is 7.16. The molecule has 0 aromatic rings. The highest BCUT2D eigenvalue weighted by atomic mass is 16.5. The molecule has 148 valence electrons. The minimum atomic E-state index is -0.0518. The van der Waals surface area contributed by atoms with Crippen LogP contribution in [0.1, 0.15) is 81.1 Å². The van der Waals surface area contributed by atoms with E-state index >= 15 is 0 Å². The molecular weight excluding hydrogens is 314 g/mol. The minimum Gasteiger partial charge on any atom is -0.375 e. The highest BCUT2D eigenvalue weighted by molar-refractivity contribution is 4.89. The maximum Gasteiger partial charge on any atom is 0.0631 e. The van der Waals surface area contributed by atoms with Crippen LogP contribution in [0.4, 0.5) is 0 Å². The van der Waals surface area contributed by atoms with Crippen LogP contribution in [-0.4, -0.2) is 59.6 Å². The van der Waals surface area contributed by atoms with Gasteiger partial charge in [0.15, 0.2) is 0 Å². The van der Waals surface area contributed by atoms with Gasteiger partial charge in [-0.05, 0) is 81.1 Å². The Kier molecular flexibility index (Phi) is 6.97. The number of ether oxygens (including phenoxy) is 3. The first-order valence-corrected chi connectivity index (χ1v) is 10.2. The highest BCUT2D eigenvalue weighted by Gasteiger charge is 2.38. The standard InChI is InChI=1S/C21H41NO3/c1-15-11-17(24-18-13-19(14-18)25-21(6,7)8)12-16(2)22(15)9-10-23-20(3,4)5/h15-19H,9-14H2,1-8H3/t15-,16+,17?,18?,19?. The lowest BCUT2D eigenvalue weighted by Gasteiger charge is -2.46. The molecule has 25 heavy (non-hydrogen) atoms. The van der Waals surface area contributed by atoms with Crippen LogP contribution in [0.2, 0.25) is 0 Å². The number of rotatable bonds is 6. The molecule has 2 fully saturated rings. The molecule has 1 saturated heterocycles. The maximum atomic E-state index is 6.38. The smallest absolute Gasteiger partial charge is 0.0631 e. The highest BCUT2D eigenvalue weighted by Crippen LogP contribution is 2.34. The molecule has 2 aliphatic rings. The summed E-state index contributed by atoms with van der Waals surface area (Å²) in [6.07, 6.45) is 5.54. The predicted octanol–water partition coefficient (Wildman–Crippen LogP) is 4.41. The molecule has 1 heterocycles. The monoisotopic (exact) mass is 355 g/mol. The van der Waals surface area contributed by atoms with Crippen LogP contribution < -0.4 is 0 Å². The molecule has 4 nitrogen and oxygen atoms in total. The summed E-state index contributed by atoms with van der Waals surface area (Å²) >= 11 is 0. The van der Waals surface area contributed by atoms with Crippen molar-refractivity contribution in [3.05, 3.63) is 0 Å². The van der Waals surface area contributed by atoms with Crippen molar-refractivity contribution in [2.24, 2.45) is 0 Å². The van der Waals surface area contributed by atoms with E-state index in [1.54, 1.807) is 0 Å². The summed E-state index contributed by atoms with van der Waals surface area (Å²) in [6, 6.07) is 1.11. The van der Waals surface area contributed by atoms with Crippen molar-refractivity contribution in [2.45, 2.75) is 123 Å². The lowest BCUT2D eigenvalue weighted by atomic mass is 9.89. The van der Waals surface area contributed by atoms with Gasteiger partial charge in [-0.15, -0.1) is 0 Å². The van der Waals surface area contributed by atoms with Gasteiger partial charge in [-0.2, -0.15) is 0 Å². The molecule has 0 N–H and O–H groups in total. The van der Waals surface area contributed by atoms with E-state index < -0.39 is 0 Å². The summed E-state index contributed by atoms with van der Waals surface area (Å²) in [4.78, 5) is 2.58. The Morgan fingerprint density at radius 1 is 0.760 bits per heavy atom. The first-order chi connectivity index (χ1) is 11.4. The van der Waals surface area contributed by atoms with E-state index in [9.17, 15) is 0 Å². The second-order valence-corrected chi connectivity index (χ2v) is 10.1. The van der Waals surface area contributed by atoms with Crippen LogP contribution in [0.5, 0.6) is 0 Å². The number of hydrogen-bond acceptors (Lipinski definition) is 4. The van der Waals surface area contributed by atoms with E-state index in [-0.39, 0.29) is 11.2 Å². The second kappa shape index (κ2) is 8.24. The molecule has 1 saturated carbocycles. The number of likely N-dealkylation sites (tertiary alicyclic amines) is 1. The Labute approximate surface area is 155 Å². The van der Waals surface area contributed by atoms with Crippen LogP contribution in [0.25, 0.3) is 0 Å². The fourth-order valence-electron chi connectivity index (χ4n) is 4.07. The van der Waals surface area contributed by atoms with Crippen LogP contribution in [0.3, 0.4) is 0 Å². The van der Waals surface area contributed by atoms with Gasteiger partial charge in [0.05, 0.1) is 36.1 Å². The summed E-state index contributed by atoms with van der Waals surface area (Å²) < 4.78 is 18.3. The Bertz CT molecular complexity index is 394. The molecule has 2 rings (SSSR count). The Balaban J connectivity index is 1.70. The average Bonchev–Trinajstić information content (AvgIpc) is 2.36. The molecule has 0 radical (unpaired) electrons. The molecule has 0 amide bonds. The van der Waals surface area contributed by atoms with Gasteiger partial charge in [0.1, 0.15) is 0 Å². The van der Waals surface area contributed by atoms with Crippen molar-refractivity contribution in [2.75, 3.05) is 13.2 Å². The zero-order valence-electron chi connectivity index (χ0n) is 17.8. The third-order valence-electron chi connectivity index (χ3n) is 5.18. The SMILES string of the molecule is C[C@@H]1CC(OC2CC(OC(C)(C)C)C2)C[C@H](C)N1CCOC(C)(C)C. The third-order valence-corrected chi connectivity index (χ3v) is 5.18. The largest absolute Gasteiger partial charge is 0.375 e. The van der Waals surface area contributed by atoms with Crippen molar-refractivity contribution in [1.29, 1.82) is 0 Å². The zero-order chi connectivity index (χ0) is 18.8. The molecule has 3 atom stereocenters. The number of hydrogen-bond donors (Lipinski definition) is 0. The molecule has 0 aromatic heterocycles. The first-order valence-electron chi connectivity index (χ1n) is 10.2. The normalized spacial score (nSPS) is 34.8. The lowest BCUT2D eigenvalue weighted by molar-refractivity contribution is -0.173. The van der Waals surface area contributed by atoms with Crippen molar-refractivity contribution >= 4 is 0 Å². The molecule has 0 spiro atoms. The van der Waals surface area contributed by atoms with E-state index in [1.807, 2.05) is 0 Å². The van der Waals surface area contributed by atoms with Gasteiger partial charge in [0, 0.05) is 18.6 Å². The zero-order valence-corrected chi connectivity index (χ0v) is 17.8. The number of nitrogens with zero attached hydrogens (tertiary/aromatic N) is 1. The van der Waals surface area contributed by atoms with E-state index in [0.717, 1.165) is 38.8 Å². The van der Waals surface area contributed by atoms with Crippen LogP contribution in [-0.2, 0) is 14.2 Å². The molecule has 0 bridgehead atoms. The number of piperidine rings is 1. The molecule has 1 unspecified atom stereocenters. The predicted molar refractivity (Wildman–Crippen MR) is 103 cm³/mol. The van der Waals surface area contributed by atoms with Crippen molar-refractivity contribution in [3.63, 3.8) is 0 Å². The first kappa shape index (κ1) is 21.1.